The third-order valence-electron chi connectivity index (χ3n) is 2.33. The summed E-state index contributed by atoms with van der Waals surface area (Å²) in [4.78, 5) is 0. The molecule has 0 atom stereocenters. The van der Waals surface area contributed by atoms with Crippen LogP contribution in [0.3, 0.4) is 0 Å². The zero-order valence-electron chi connectivity index (χ0n) is 9.68. The van der Waals surface area contributed by atoms with E-state index in [1.807, 2.05) is 0 Å². The SMILES string of the molecule is N/C(=N\O)c1ccc(Oc2cc(Cl)cc(Cl)c2)cc1. The Labute approximate surface area is 120 Å². The average molecular weight is 297 g/mol. The lowest BCUT2D eigenvalue weighted by Gasteiger charge is -2.07. The van der Waals surface area contributed by atoms with Gasteiger partial charge >= 0.3 is 0 Å². The van der Waals surface area contributed by atoms with Crippen LogP contribution in [0.2, 0.25) is 10.0 Å². The second kappa shape index (κ2) is 5.82. The molecule has 2 rings (SSSR count). The van der Waals surface area contributed by atoms with Crippen molar-refractivity contribution in [3.05, 3.63) is 58.1 Å². The highest BCUT2D eigenvalue weighted by atomic mass is 35.5. The molecule has 0 fully saturated rings. The van der Waals surface area contributed by atoms with Crippen LogP contribution in [-0.2, 0) is 0 Å². The second-order valence-corrected chi connectivity index (χ2v) is 4.59. The van der Waals surface area contributed by atoms with Crippen LogP contribution in [0.25, 0.3) is 0 Å². The lowest BCUT2D eigenvalue weighted by atomic mass is 10.2. The molecule has 2 aromatic carbocycles. The first kappa shape index (κ1) is 13.5. The second-order valence-electron chi connectivity index (χ2n) is 3.72. The van der Waals surface area contributed by atoms with E-state index < -0.39 is 0 Å². The van der Waals surface area contributed by atoms with Gasteiger partial charge in [-0.25, -0.2) is 0 Å². The van der Waals surface area contributed by atoms with Crippen LogP contribution in [0.1, 0.15) is 5.56 Å². The Balaban J connectivity index is 2.19. The van der Waals surface area contributed by atoms with Crippen molar-refractivity contribution in [2.75, 3.05) is 0 Å². The standard InChI is InChI=1S/C13H10Cl2N2O2/c14-9-5-10(15)7-12(6-9)19-11-3-1-8(2-4-11)13(16)17-18/h1-7,18H,(H2,16,17). The van der Waals surface area contributed by atoms with Crippen LogP contribution in [0.5, 0.6) is 11.5 Å². The molecule has 0 aliphatic rings. The number of ether oxygens (including phenoxy) is 1. The summed E-state index contributed by atoms with van der Waals surface area (Å²) in [6.45, 7) is 0. The number of rotatable bonds is 3. The highest BCUT2D eigenvalue weighted by Gasteiger charge is 2.03. The lowest BCUT2D eigenvalue weighted by Crippen LogP contribution is -2.12. The van der Waals surface area contributed by atoms with Crippen LogP contribution in [0.4, 0.5) is 0 Å². The van der Waals surface area contributed by atoms with Crippen molar-refractivity contribution < 1.29 is 9.94 Å². The largest absolute Gasteiger partial charge is 0.457 e. The fraction of sp³-hybridized carbons (Fsp3) is 0. The van der Waals surface area contributed by atoms with Crippen LogP contribution >= 0.6 is 23.2 Å². The molecule has 0 saturated heterocycles. The quantitative estimate of drug-likeness (QED) is 0.391. The first-order chi connectivity index (χ1) is 9.08. The Bertz CT molecular complexity index is 592. The maximum Gasteiger partial charge on any atom is 0.170 e. The van der Waals surface area contributed by atoms with Crippen LogP contribution in [0.15, 0.2) is 47.6 Å². The van der Waals surface area contributed by atoms with Crippen molar-refractivity contribution in [1.29, 1.82) is 0 Å². The minimum atomic E-state index is 0.0392. The Morgan fingerprint density at radius 2 is 1.58 bits per heavy atom. The fourth-order valence-electron chi connectivity index (χ4n) is 1.48. The molecule has 0 spiro atoms. The number of amidine groups is 1. The number of nitrogens with two attached hydrogens (primary N) is 1. The molecule has 0 aliphatic heterocycles. The van der Waals surface area contributed by atoms with Crippen molar-refractivity contribution in [2.45, 2.75) is 0 Å². The molecular formula is C13H10Cl2N2O2. The summed E-state index contributed by atoms with van der Waals surface area (Å²) < 4.78 is 5.60. The summed E-state index contributed by atoms with van der Waals surface area (Å²) in [5.41, 5.74) is 6.06. The molecule has 19 heavy (non-hydrogen) atoms. The van der Waals surface area contributed by atoms with Gasteiger partial charge in [-0.2, -0.15) is 0 Å². The third kappa shape index (κ3) is 3.53. The molecule has 0 radical (unpaired) electrons. The number of hydrogen-bond acceptors (Lipinski definition) is 3. The van der Waals surface area contributed by atoms with Crippen molar-refractivity contribution >= 4 is 29.0 Å². The first-order valence-electron chi connectivity index (χ1n) is 5.30. The maximum atomic E-state index is 8.56. The minimum Gasteiger partial charge on any atom is -0.457 e. The molecule has 0 aliphatic carbocycles. The van der Waals surface area contributed by atoms with Gasteiger partial charge < -0.3 is 15.7 Å². The van der Waals surface area contributed by atoms with Crippen molar-refractivity contribution in [1.82, 2.24) is 0 Å². The number of hydrogen-bond donors (Lipinski definition) is 2. The van der Waals surface area contributed by atoms with E-state index in [2.05, 4.69) is 5.16 Å². The van der Waals surface area contributed by atoms with Crippen LogP contribution in [0, 0.1) is 0 Å². The maximum absolute atomic E-state index is 8.56. The van der Waals surface area contributed by atoms with Gasteiger partial charge in [0.15, 0.2) is 5.84 Å². The predicted molar refractivity (Wildman–Crippen MR) is 75.5 cm³/mol. The number of oxime groups is 1. The van der Waals surface area contributed by atoms with E-state index in [9.17, 15) is 0 Å². The summed E-state index contributed by atoms with van der Waals surface area (Å²) in [6.07, 6.45) is 0. The highest BCUT2D eigenvalue weighted by Crippen LogP contribution is 2.28. The van der Waals surface area contributed by atoms with Gasteiger partial charge in [0.2, 0.25) is 0 Å². The first-order valence-corrected chi connectivity index (χ1v) is 6.06. The number of halogens is 2. The zero-order chi connectivity index (χ0) is 13.8. The normalized spacial score (nSPS) is 11.4. The third-order valence-corrected chi connectivity index (χ3v) is 2.77. The molecule has 0 unspecified atom stereocenters. The lowest BCUT2D eigenvalue weighted by molar-refractivity contribution is 0.318. The Hall–Kier alpha value is -1.91. The molecule has 3 N–H and O–H groups in total. The average Bonchev–Trinajstić information content (AvgIpc) is 2.37. The van der Waals surface area contributed by atoms with Gasteiger partial charge in [0, 0.05) is 15.6 Å². The van der Waals surface area contributed by atoms with Crippen LogP contribution < -0.4 is 10.5 Å². The smallest absolute Gasteiger partial charge is 0.170 e. The summed E-state index contributed by atoms with van der Waals surface area (Å²) in [5, 5.41) is 12.5. The van der Waals surface area contributed by atoms with Gasteiger partial charge in [-0.3, -0.25) is 0 Å². The van der Waals surface area contributed by atoms with Gasteiger partial charge in [0.05, 0.1) is 0 Å². The summed E-state index contributed by atoms with van der Waals surface area (Å²) in [6, 6.07) is 11.7. The Morgan fingerprint density at radius 1 is 1.00 bits per heavy atom. The molecule has 0 amide bonds. The van der Waals surface area contributed by atoms with E-state index >= 15 is 0 Å². The predicted octanol–water partition coefficient (Wildman–Crippen LogP) is 3.88. The molecule has 2 aromatic rings. The molecule has 0 aromatic heterocycles. The molecule has 0 saturated carbocycles. The molecule has 4 nitrogen and oxygen atoms in total. The topological polar surface area (TPSA) is 67.8 Å². The van der Waals surface area contributed by atoms with E-state index in [4.69, 9.17) is 38.9 Å². The monoisotopic (exact) mass is 296 g/mol. The van der Waals surface area contributed by atoms with Gasteiger partial charge in [-0.05, 0) is 42.5 Å². The van der Waals surface area contributed by atoms with E-state index in [-0.39, 0.29) is 5.84 Å². The molecule has 0 bridgehead atoms. The summed E-state index contributed by atoms with van der Waals surface area (Å²) >= 11 is 11.8. The number of benzene rings is 2. The van der Waals surface area contributed by atoms with E-state index in [1.54, 1.807) is 42.5 Å². The fourth-order valence-corrected chi connectivity index (χ4v) is 1.98. The van der Waals surface area contributed by atoms with E-state index in [1.165, 1.54) is 0 Å². The van der Waals surface area contributed by atoms with Gasteiger partial charge in [-0.15, -0.1) is 0 Å². The van der Waals surface area contributed by atoms with Gasteiger partial charge in [-0.1, -0.05) is 28.4 Å². The van der Waals surface area contributed by atoms with Crippen molar-refractivity contribution in [3.8, 4) is 11.5 Å². The zero-order valence-corrected chi connectivity index (χ0v) is 11.2. The van der Waals surface area contributed by atoms with Gasteiger partial charge in [0.25, 0.3) is 0 Å². The van der Waals surface area contributed by atoms with Gasteiger partial charge in [0.1, 0.15) is 11.5 Å². The molecule has 6 heteroatoms. The van der Waals surface area contributed by atoms with E-state index in [0.717, 1.165) is 0 Å². The summed E-state index contributed by atoms with van der Waals surface area (Å²) in [5.74, 6) is 1.17. The minimum absolute atomic E-state index is 0.0392. The molecule has 98 valence electrons. The highest BCUT2D eigenvalue weighted by molar-refractivity contribution is 6.34. The number of nitrogens with zero attached hydrogens (tertiary/aromatic N) is 1. The van der Waals surface area contributed by atoms with Crippen molar-refractivity contribution in [3.63, 3.8) is 0 Å². The van der Waals surface area contributed by atoms with Crippen LogP contribution in [-0.4, -0.2) is 11.0 Å². The molecule has 0 heterocycles. The summed E-state index contributed by atoms with van der Waals surface area (Å²) in [7, 11) is 0. The Kier molecular flexibility index (Phi) is 4.14. The van der Waals surface area contributed by atoms with Crippen molar-refractivity contribution in [2.24, 2.45) is 10.9 Å². The Morgan fingerprint density at radius 3 is 2.11 bits per heavy atom. The van der Waals surface area contributed by atoms with E-state index in [0.29, 0.717) is 27.1 Å². The molecular weight excluding hydrogens is 287 g/mol.